The predicted molar refractivity (Wildman–Crippen MR) is 94.0 cm³/mol. The van der Waals surface area contributed by atoms with Gasteiger partial charge >= 0.3 is 0 Å². The van der Waals surface area contributed by atoms with Crippen LogP contribution in [-0.2, 0) is 6.61 Å². The molecule has 0 atom stereocenters. The molecule has 0 saturated heterocycles. The summed E-state index contributed by atoms with van der Waals surface area (Å²) in [6.45, 7) is 1.82. The van der Waals surface area contributed by atoms with Gasteiger partial charge in [-0.25, -0.2) is 18.2 Å². The number of aryl methyl sites for hydroxylation is 1. The summed E-state index contributed by atoms with van der Waals surface area (Å²) in [5, 5.41) is 2.36. The number of rotatable bonds is 5. The summed E-state index contributed by atoms with van der Waals surface area (Å²) in [6, 6.07) is 10.4. The molecule has 0 spiro atoms. The van der Waals surface area contributed by atoms with Gasteiger partial charge in [0.25, 0.3) is 5.91 Å². The first-order valence-corrected chi connectivity index (χ1v) is 8.02. The van der Waals surface area contributed by atoms with E-state index in [1.54, 1.807) is 19.1 Å². The number of benzene rings is 2. The maximum absolute atomic E-state index is 13.6. The zero-order valence-corrected chi connectivity index (χ0v) is 14.3. The molecule has 0 radical (unpaired) electrons. The molecule has 2 aromatic carbocycles. The lowest BCUT2D eigenvalue weighted by molar-refractivity contribution is 0.102. The van der Waals surface area contributed by atoms with Crippen molar-refractivity contribution in [3.63, 3.8) is 0 Å². The summed E-state index contributed by atoms with van der Waals surface area (Å²) in [7, 11) is 0. The number of ether oxygens (including phenoxy) is 1. The van der Waals surface area contributed by atoms with E-state index in [1.165, 1.54) is 24.4 Å². The summed E-state index contributed by atoms with van der Waals surface area (Å²) in [5.74, 6) is -2.26. The van der Waals surface area contributed by atoms with Gasteiger partial charge in [-0.3, -0.25) is 4.79 Å². The van der Waals surface area contributed by atoms with Gasteiger partial charge in [-0.15, -0.1) is 0 Å². The molecule has 0 aliphatic rings. The number of amides is 1. The van der Waals surface area contributed by atoms with Crippen LogP contribution in [0, 0.1) is 24.4 Å². The molecule has 4 nitrogen and oxygen atoms in total. The van der Waals surface area contributed by atoms with Crippen LogP contribution in [0.25, 0.3) is 0 Å². The average Bonchev–Trinajstić information content (AvgIpc) is 2.63. The van der Waals surface area contributed by atoms with E-state index in [2.05, 4.69) is 10.3 Å². The van der Waals surface area contributed by atoms with Gasteiger partial charge in [0.2, 0.25) is 5.88 Å². The molecule has 7 heteroatoms. The third kappa shape index (κ3) is 4.63. The Hall–Kier alpha value is -3.35. The van der Waals surface area contributed by atoms with Gasteiger partial charge in [-0.2, -0.15) is 0 Å². The van der Waals surface area contributed by atoms with E-state index >= 15 is 0 Å². The molecule has 1 amide bonds. The normalized spacial score (nSPS) is 10.5. The zero-order chi connectivity index (χ0) is 19.4. The second kappa shape index (κ2) is 7.90. The van der Waals surface area contributed by atoms with Gasteiger partial charge in [-0.1, -0.05) is 12.1 Å². The second-order valence-electron chi connectivity index (χ2n) is 5.84. The molecular formula is C20H15F3N2O2. The van der Waals surface area contributed by atoms with Crippen LogP contribution >= 0.6 is 0 Å². The first-order chi connectivity index (χ1) is 12.9. The molecule has 0 fully saturated rings. The molecule has 0 saturated carbocycles. The summed E-state index contributed by atoms with van der Waals surface area (Å²) < 4.78 is 45.3. The Morgan fingerprint density at radius 3 is 2.56 bits per heavy atom. The van der Waals surface area contributed by atoms with Crippen molar-refractivity contribution in [2.45, 2.75) is 13.5 Å². The van der Waals surface area contributed by atoms with Crippen LogP contribution in [0.5, 0.6) is 5.88 Å². The van der Waals surface area contributed by atoms with Crippen molar-refractivity contribution in [1.82, 2.24) is 4.98 Å². The molecule has 0 aliphatic carbocycles. The highest BCUT2D eigenvalue weighted by molar-refractivity contribution is 6.04. The largest absolute Gasteiger partial charge is 0.473 e. The fraction of sp³-hybridized carbons (Fsp3) is 0.100. The molecule has 1 aromatic heterocycles. The average molecular weight is 372 g/mol. The van der Waals surface area contributed by atoms with Crippen molar-refractivity contribution in [3.8, 4) is 5.88 Å². The lowest BCUT2D eigenvalue weighted by Gasteiger charge is -2.10. The molecular weight excluding hydrogens is 357 g/mol. The number of halogens is 3. The highest BCUT2D eigenvalue weighted by Crippen LogP contribution is 2.20. The van der Waals surface area contributed by atoms with Crippen molar-refractivity contribution in [2.75, 3.05) is 5.32 Å². The van der Waals surface area contributed by atoms with E-state index in [0.717, 1.165) is 12.1 Å². The van der Waals surface area contributed by atoms with Gasteiger partial charge < -0.3 is 10.1 Å². The van der Waals surface area contributed by atoms with Gasteiger partial charge in [-0.05, 0) is 42.8 Å². The smallest absolute Gasteiger partial charge is 0.257 e. The van der Waals surface area contributed by atoms with Gasteiger partial charge in [0.1, 0.15) is 24.1 Å². The SMILES string of the molecule is Cc1cc(C(=O)Nc2ccc(F)cc2F)cnc1OCc1cccc(F)c1. The first-order valence-electron chi connectivity index (χ1n) is 8.02. The molecule has 0 aliphatic heterocycles. The zero-order valence-electron chi connectivity index (χ0n) is 14.3. The number of nitrogens with zero attached hydrogens (tertiary/aromatic N) is 1. The Labute approximate surface area is 153 Å². The van der Waals surface area contributed by atoms with Crippen LogP contribution in [-0.4, -0.2) is 10.9 Å². The van der Waals surface area contributed by atoms with Crippen LogP contribution in [0.4, 0.5) is 18.9 Å². The monoisotopic (exact) mass is 372 g/mol. The van der Waals surface area contributed by atoms with Gasteiger partial charge in [0.15, 0.2) is 0 Å². The summed E-state index contributed by atoms with van der Waals surface area (Å²) in [6.07, 6.45) is 1.28. The Morgan fingerprint density at radius 1 is 1.07 bits per heavy atom. The molecule has 0 unspecified atom stereocenters. The molecule has 138 valence electrons. The minimum Gasteiger partial charge on any atom is -0.473 e. The lowest BCUT2D eigenvalue weighted by Crippen LogP contribution is -2.14. The fourth-order valence-corrected chi connectivity index (χ4v) is 2.40. The third-order valence-electron chi connectivity index (χ3n) is 3.74. The molecule has 27 heavy (non-hydrogen) atoms. The van der Waals surface area contributed by atoms with Crippen LogP contribution in [0.2, 0.25) is 0 Å². The number of nitrogens with one attached hydrogen (secondary N) is 1. The van der Waals surface area contributed by atoms with E-state index in [4.69, 9.17) is 4.74 Å². The van der Waals surface area contributed by atoms with Crippen LogP contribution in [0.3, 0.4) is 0 Å². The number of pyridine rings is 1. The minimum atomic E-state index is -0.872. The Balaban J connectivity index is 1.69. The molecule has 0 bridgehead atoms. The number of anilines is 1. The number of carbonyl (C=O) groups excluding carboxylic acids is 1. The van der Waals surface area contributed by atoms with Crippen molar-refractivity contribution < 1.29 is 22.7 Å². The summed E-state index contributed by atoms with van der Waals surface area (Å²) in [4.78, 5) is 16.3. The molecule has 1 N–H and O–H groups in total. The van der Waals surface area contributed by atoms with Crippen LogP contribution in [0.1, 0.15) is 21.5 Å². The fourth-order valence-electron chi connectivity index (χ4n) is 2.40. The first kappa shape index (κ1) is 18.4. The molecule has 1 heterocycles. The molecule has 3 rings (SSSR count). The van der Waals surface area contributed by atoms with E-state index in [0.29, 0.717) is 23.1 Å². The lowest BCUT2D eigenvalue weighted by atomic mass is 10.2. The number of aromatic nitrogens is 1. The summed E-state index contributed by atoms with van der Waals surface area (Å²) in [5.41, 5.74) is 1.28. The second-order valence-corrected chi connectivity index (χ2v) is 5.84. The number of carbonyl (C=O) groups is 1. The predicted octanol–water partition coefficient (Wildman–Crippen LogP) is 4.64. The van der Waals surface area contributed by atoms with E-state index in [1.807, 2.05) is 0 Å². The maximum Gasteiger partial charge on any atom is 0.257 e. The van der Waals surface area contributed by atoms with Crippen molar-refractivity contribution in [2.24, 2.45) is 0 Å². The van der Waals surface area contributed by atoms with Crippen LogP contribution < -0.4 is 10.1 Å². The van der Waals surface area contributed by atoms with Gasteiger partial charge in [0.05, 0.1) is 11.3 Å². The van der Waals surface area contributed by atoms with Crippen molar-refractivity contribution in [3.05, 3.63) is 88.9 Å². The topological polar surface area (TPSA) is 51.2 Å². The number of hydrogen-bond donors (Lipinski definition) is 1. The van der Waals surface area contributed by atoms with E-state index in [-0.39, 0.29) is 23.7 Å². The highest BCUT2D eigenvalue weighted by Gasteiger charge is 2.13. The van der Waals surface area contributed by atoms with Crippen LogP contribution in [0.15, 0.2) is 54.7 Å². The Morgan fingerprint density at radius 2 is 1.85 bits per heavy atom. The number of hydrogen-bond acceptors (Lipinski definition) is 3. The third-order valence-corrected chi connectivity index (χ3v) is 3.74. The van der Waals surface area contributed by atoms with Crippen molar-refractivity contribution in [1.29, 1.82) is 0 Å². The van der Waals surface area contributed by atoms with E-state index in [9.17, 15) is 18.0 Å². The Bertz CT molecular complexity index is 993. The highest BCUT2D eigenvalue weighted by atomic mass is 19.1. The maximum atomic E-state index is 13.6. The van der Waals surface area contributed by atoms with Gasteiger partial charge in [0, 0.05) is 17.8 Å². The van der Waals surface area contributed by atoms with Crippen molar-refractivity contribution >= 4 is 11.6 Å². The molecule has 3 aromatic rings. The Kier molecular flexibility index (Phi) is 5.40. The standard InChI is InChI=1S/C20H15F3N2O2/c1-12-7-14(19(26)25-18-6-5-16(22)9-17(18)23)10-24-20(12)27-11-13-3-2-4-15(21)8-13/h2-10H,11H2,1H3,(H,25,26). The minimum absolute atomic E-state index is 0.123. The quantitative estimate of drug-likeness (QED) is 0.710. The summed E-state index contributed by atoms with van der Waals surface area (Å²) >= 11 is 0. The van der Waals surface area contributed by atoms with E-state index < -0.39 is 17.5 Å².